The van der Waals surface area contributed by atoms with Crippen molar-refractivity contribution < 1.29 is 5.11 Å². The lowest BCUT2D eigenvalue weighted by Crippen LogP contribution is -2.06. The Morgan fingerprint density at radius 1 is 1.20 bits per heavy atom. The number of aliphatic hydroxyl groups excluding tert-OH is 1. The number of nitrogens with two attached hydrogens (primary N) is 1. The predicted molar refractivity (Wildman–Crippen MR) is 80.2 cm³/mol. The highest BCUT2D eigenvalue weighted by atomic mass is 16.3. The fourth-order valence-electron chi connectivity index (χ4n) is 2.51. The van der Waals surface area contributed by atoms with E-state index in [2.05, 4.69) is 23.3 Å². The lowest BCUT2D eigenvalue weighted by molar-refractivity contribution is 0.179. The summed E-state index contributed by atoms with van der Waals surface area (Å²) in [6, 6.07) is 14.3. The highest BCUT2D eigenvalue weighted by Gasteiger charge is 2.16. The number of anilines is 1. The van der Waals surface area contributed by atoms with E-state index in [0.717, 1.165) is 10.9 Å². The molecule has 102 valence electrons. The standard InChI is InChI=1S/C16H17N3O/c1-19-16(17)14(10-18-19)15(20)9-12-7-4-6-11-5-2-3-8-13(11)12/h2-8,10,15,20H,9,17H2,1H3. The number of hydrogen-bond acceptors (Lipinski definition) is 3. The molecule has 1 unspecified atom stereocenters. The minimum absolute atomic E-state index is 0.512. The van der Waals surface area contributed by atoms with Crippen molar-refractivity contribution in [3.05, 3.63) is 59.8 Å². The Kier molecular flexibility index (Phi) is 3.16. The molecular formula is C16H17N3O. The SMILES string of the molecule is Cn1ncc(C(O)Cc2cccc3ccccc23)c1N. The van der Waals surface area contributed by atoms with Gasteiger partial charge in [-0.15, -0.1) is 0 Å². The number of nitrogens with zero attached hydrogens (tertiary/aromatic N) is 2. The van der Waals surface area contributed by atoms with Crippen LogP contribution in [0, 0.1) is 0 Å². The molecule has 1 heterocycles. The maximum absolute atomic E-state index is 10.4. The van der Waals surface area contributed by atoms with Gasteiger partial charge < -0.3 is 10.8 Å². The van der Waals surface area contributed by atoms with Gasteiger partial charge in [-0.2, -0.15) is 5.10 Å². The number of rotatable bonds is 3. The normalized spacial score (nSPS) is 12.7. The summed E-state index contributed by atoms with van der Waals surface area (Å²) in [6.45, 7) is 0. The molecule has 4 heteroatoms. The van der Waals surface area contributed by atoms with Crippen molar-refractivity contribution in [2.24, 2.45) is 7.05 Å². The number of aryl methyl sites for hydroxylation is 1. The van der Waals surface area contributed by atoms with Crippen LogP contribution in [0.1, 0.15) is 17.2 Å². The van der Waals surface area contributed by atoms with Gasteiger partial charge in [-0.1, -0.05) is 42.5 Å². The molecule has 0 radical (unpaired) electrons. The zero-order chi connectivity index (χ0) is 14.1. The van der Waals surface area contributed by atoms with Gasteiger partial charge >= 0.3 is 0 Å². The molecule has 0 aliphatic carbocycles. The second-order valence-electron chi connectivity index (χ2n) is 4.97. The van der Waals surface area contributed by atoms with E-state index in [-0.39, 0.29) is 0 Å². The van der Waals surface area contributed by atoms with Crippen molar-refractivity contribution in [2.45, 2.75) is 12.5 Å². The Bertz CT molecular complexity index is 743. The Morgan fingerprint density at radius 2 is 1.95 bits per heavy atom. The fraction of sp³-hybridized carbons (Fsp3) is 0.188. The second-order valence-corrected chi connectivity index (χ2v) is 4.97. The molecule has 0 fully saturated rings. The molecule has 0 aliphatic heterocycles. The molecule has 20 heavy (non-hydrogen) atoms. The van der Waals surface area contributed by atoms with Gasteiger partial charge in [0, 0.05) is 19.0 Å². The van der Waals surface area contributed by atoms with Crippen LogP contribution in [0.25, 0.3) is 10.8 Å². The molecular weight excluding hydrogens is 250 g/mol. The zero-order valence-electron chi connectivity index (χ0n) is 11.3. The van der Waals surface area contributed by atoms with Crippen molar-refractivity contribution in [3.8, 4) is 0 Å². The Morgan fingerprint density at radius 3 is 2.70 bits per heavy atom. The summed E-state index contributed by atoms with van der Waals surface area (Å²) in [5.74, 6) is 0.512. The van der Waals surface area contributed by atoms with E-state index in [0.29, 0.717) is 17.8 Å². The first-order chi connectivity index (χ1) is 9.66. The Labute approximate surface area is 117 Å². The van der Waals surface area contributed by atoms with Crippen LogP contribution in [-0.2, 0) is 13.5 Å². The molecule has 0 aliphatic rings. The van der Waals surface area contributed by atoms with E-state index in [4.69, 9.17) is 5.73 Å². The smallest absolute Gasteiger partial charge is 0.127 e. The first-order valence-electron chi connectivity index (χ1n) is 6.59. The molecule has 0 spiro atoms. The number of nitrogen functional groups attached to an aromatic ring is 1. The van der Waals surface area contributed by atoms with Crippen molar-refractivity contribution in [1.82, 2.24) is 9.78 Å². The van der Waals surface area contributed by atoms with Gasteiger partial charge in [-0.3, -0.25) is 4.68 Å². The van der Waals surface area contributed by atoms with Crippen molar-refractivity contribution in [2.75, 3.05) is 5.73 Å². The van der Waals surface area contributed by atoms with Gasteiger partial charge in [-0.05, 0) is 16.3 Å². The van der Waals surface area contributed by atoms with Crippen molar-refractivity contribution >= 4 is 16.6 Å². The van der Waals surface area contributed by atoms with E-state index in [9.17, 15) is 5.11 Å². The van der Waals surface area contributed by atoms with Gasteiger partial charge in [0.15, 0.2) is 0 Å². The third-order valence-corrected chi connectivity index (χ3v) is 3.67. The maximum atomic E-state index is 10.4. The summed E-state index contributed by atoms with van der Waals surface area (Å²) in [5.41, 5.74) is 7.70. The minimum atomic E-state index is -0.644. The zero-order valence-corrected chi connectivity index (χ0v) is 11.3. The molecule has 3 aromatic rings. The van der Waals surface area contributed by atoms with Crippen molar-refractivity contribution in [1.29, 1.82) is 0 Å². The molecule has 4 nitrogen and oxygen atoms in total. The Hall–Kier alpha value is -2.33. The van der Waals surface area contributed by atoms with Crippen LogP contribution in [0.4, 0.5) is 5.82 Å². The summed E-state index contributed by atoms with van der Waals surface area (Å²) in [5, 5.41) is 16.8. The van der Waals surface area contributed by atoms with Crippen molar-refractivity contribution in [3.63, 3.8) is 0 Å². The van der Waals surface area contributed by atoms with Gasteiger partial charge in [0.1, 0.15) is 5.82 Å². The van der Waals surface area contributed by atoms with Gasteiger partial charge in [0.2, 0.25) is 0 Å². The van der Waals surface area contributed by atoms with E-state index in [1.54, 1.807) is 17.9 Å². The molecule has 1 atom stereocenters. The minimum Gasteiger partial charge on any atom is -0.388 e. The number of aromatic nitrogens is 2. The molecule has 0 saturated heterocycles. The average Bonchev–Trinajstić information content (AvgIpc) is 2.79. The summed E-state index contributed by atoms with van der Waals surface area (Å²) in [4.78, 5) is 0. The van der Waals surface area contributed by atoms with Crippen LogP contribution in [0.2, 0.25) is 0 Å². The summed E-state index contributed by atoms with van der Waals surface area (Å²) in [6.07, 6.45) is 1.51. The van der Waals surface area contributed by atoms with Gasteiger partial charge in [0.05, 0.1) is 12.3 Å². The summed E-state index contributed by atoms with van der Waals surface area (Å²) >= 11 is 0. The van der Waals surface area contributed by atoms with Gasteiger partial charge in [0.25, 0.3) is 0 Å². The highest BCUT2D eigenvalue weighted by Crippen LogP contribution is 2.26. The second kappa shape index (κ2) is 4.98. The van der Waals surface area contributed by atoms with Crippen LogP contribution in [0.5, 0.6) is 0 Å². The molecule has 3 N–H and O–H groups in total. The van der Waals surface area contributed by atoms with Gasteiger partial charge in [-0.25, -0.2) is 0 Å². The largest absolute Gasteiger partial charge is 0.388 e. The number of benzene rings is 2. The third kappa shape index (κ3) is 2.14. The lowest BCUT2D eigenvalue weighted by atomic mass is 9.97. The molecule has 0 bridgehead atoms. The maximum Gasteiger partial charge on any atom is 0.127 e. The summed E-state index contributed by atoms with van der Waals surface area (Å²) in [7, 11) is 1.77. The number of aliphatic hydroxyl groups is 1. The van der Waals surface area contributed by atoms with Crippen LogP contribution < -0.4 is 5.73 Å². The van der Waals surface area contributed by atoms with Crippen LogP contribution >= 0.6 is 0 Å². The molecule has 1 aromatic heterocycles. The predicted octanol–water partition coefficient (Wildman–Crippen LogP) is 2.43. The monoisotopic (exact) mass is 267 g/mol. The van der Waals surface area contributed by atoms with E-state index < -0.39 is 6.10 Å². The van der Waals surface area contributed by atoms with E-state index >= 15 is 0 Å². The van der Waals surface area contributed by atoms with E-state index in [1.807, 2.05) is 24.3 Å². The molecule has 0 saturated carbocycles. The first kappa shape index (κ1) is 12.7. The first-order valence-corrected chi connectivity index (χ1v) is 6.59. The molecule has 3 rings (SSSR count). The quantitative estimate of drug-likeness (QED) is 0.766. The molecule has 2 aromatic carbocycles. The van der Waals surface area contributed by atoms with E-state index in [1.165, 1.54) is 5.39 Å². The fourth-order valence-corrected chi connectivity index (χ4v) is 2.51. The van der Waals surface area contributed by atoms with Crippen LogP contribution in [0.3, 0.4) is 0 Å². The average molecular weight is 267 g/mol. The lowest BCUT2D eigenvalue weighted by Gasteiger charge is -2.12. The number of fused-ring (bicyclic) bond motifs is 1. The van der Waals surface area contributed by atoms with Crippen LogP contribution in [0.15, 0.2) is 48.7 Å². The van der Waals surface area contributed by atoms with Crippen LogP contribution in [-0.4, -0.2) is 14.9 Å². The number of hydrogen-bond donors (Lipinski definition) is 2. The Balaban J connectivity index is 1.95. The highest BCUT2D eigenvalue weighted by molar-refractivity contribution is 5.85. The summed E-state index contributed by atoms with van der Waals surface area (Å²) < 4.78 is 1.57. The topological polar surface area (TPSA) is 64.1 Å². The molecule has 0 amide bonds. The third-order valence-electron chi connectivity index (χ3n) is 3.67.